The second-order valence-electron chi connectivity index (χ2n) is 5.28. The van der Waals surface area contributed by atoms with Gasteiger partial charge in [0.05, 0.1) is 13.0 Å². The second kappa shape index (κ2) is 8.64. The molecule has 0 aromatic heterocycles. The number of benzene rings is 1. The van der Waals surface area contributed by atoms with Crippen LogP contribution in [0.1, 0.15) is 12.8 Å². The molecule has 0 unspecified atom stereocenters. The third kappa shape index (κ3) is 5.36. The Bertz CT molecular complexity index is 417. The van der Waals surface area contributed by atoms with E-state index in [4.69, 9.17) is 10.5 Å². The number of nitrogens with two attached hydrogens (primary N) is 1. The molecule has 0 aliphatic carbocycles. The Hall–Kier alpha value is -1.59. The summed E-state index contributed by atoms with van der Waals surface area (Å²) in [7, 11) is 0. The van der Waals surface area contributed by atoms with Crippen molar-refractivity contribution < 1.29 is 9.53 Å². The van der Waals surface area contributed by atoms with Crippen molar-refractivity contribution in [3.05, 3.63) is 30.3 Å². The molecule has 0 atom stereocenters. The number of amides is 1. The maximum atomic E-state index is 12.1. The first-order chi connectivity index (χ1) is 10.3. The number of para-hydroxylation sites is 1. The summed E-state index contributed by atoms with van der Waals surface area (Å²) in [6, 6.07) is 9.61. The third-order valence-electron chi connectivity index (χ3n) is 3.73. The average molecular weight is 291 g/mol. The van der Waals surface area contributed by atoms with Gasteiger partial charge in [-0.3, -0.25) is 9.69 Å². The lowest BCUT2D eigenvalue weighted by molar-refractivity contribution is -0.133. The highest BCUT2D eigenvalue weighted by atomic mass is 16.5. The molecule has 2 rings (SSSR count). The number of carbonyl (C=O) groups excluding carboxylic acids is 1. The smallest absolute Gasteiger partial charge is 0.226 e. The topological polar surface area (TPSA) is 58.8 Å². The van der Waals surface area contributed by atoms with Crippen molar-refractivity contribution in [2.45, 2.75) is 12.8 Å². The van der Waals surface area contributed by atoms with Crippen LogP contribution >= 0.6 is 0 Å². The first kappa shape index (κ1) is 15.8. The summed E-state index contributed by atoms with van der Waals surface area (Å²) < 4.78 is 5.57. The maximum absolute atomic E-state index is 12.1. The zero-order chi connectivity index (χ0) is 14.9. The van der Waals surface area contributed by atoms with Gasteiger partial charge in [-0.15, -0.1) is 0 Å². The lowest BCUT2D eigenvalue weighted by atomic mass is 10.2. The van der Waals surface area contributed by atoms with E-state index in [9.17, 15) is 4.79 Å². The lowest BCUT2D eigenvalue weighted by Crippen LogP contribution is -2.49. The number of nitrogens with zero attached hydrogens (tertiary/aromatic N) is 2. The summed E-state index contributed by atoms with van der Waals surface area (Å²) in [6.45, 7) is 5.74. The van der Waals surface area contributed by atoms with E-state index in [0.29, 0.717) is 13.0 Å². The highest BCUT2D eigenvalue weighted by Crippen LogP contribution is 2.09. The van der Waals surface area contributed by atoms with Crippen LogP contribution < -0.4 is 10.5 Å². The molecule has 2 N–H and O–H groups in total. The largest absolute Gasteiger partial charge is 0.493 e. The van der Waals surface area contributed by atoms with Gasteiger partial charge in [0.25, 0.3) is 0 Å². The molecule has 0 saturated carbocycles. The molecule has 1 heterocycles. The summed E-state index contributed by atoms with van der Waals surface area (Å²) in [5.74, 6) is 1.00. The van der Waals surface area contributed by atoms with Crippen molar-refractivity contribution in [2.24, 2.45) is 5.73 Å². The van der Waals surface area contributed by atoms with E-state index >= 15 is 0 Å². The van der Waals surface area contributed by atoms with E-state index in [2.05, 4.69) is 4.90 Å². The fourth-order valence-corrected chi connectivity index (χ4v) is 2.47. The molecular formula is C16H25N3O2. The van der Waals surface area contributed by atoms with Crippen LogP contribution in [0.4, 0.5) is 0 Å². The van der Waals surface area contributed by atoms with Crippen molar-refractivity contribution in [3.63, 3.8) is 0 Å². The van der Waals surface area contributed by atoms with Gasteiger partial charge in [0.15, 0.2) is 0 Å². The van der Waals surface area contributed by atoms with Crippen molar-refractivity contribution >= 4 is 5.91 Å². The van der Waals surface area contributed by atoms with Gasteiger partial charge in [0, 0.05) is 26.2 Å². The number of hydrogen-bond donors (Lipinski definition) is 1. The normalized spacial score (nSPS) is 16.0. The van der Waals surface area contributed by atoms with E-state index in [1.807, 2.05) is 35.2 Å². The molecule has 0 radical (unpaired) electrons. The van der Waals surface area contributed by atoms with Crippen LogP contribution in [-0.4, -0.2) is 61.6 Å². The Morgan fingerprint density at radius 1 is 1.14 bits per heavy atom. The van der Waals surface area contributed by atoms with Crippen molar-refractivity contribution in [1.82, 2.24) is 9.80 Å². The molecule has 1 aromatic rings. The molecule has 0 spiro atoms. The molecule has 5 nitrogen and oxygen atoms in total. The van der Waals surface area contributed by atoms with Crippen LogP contribution in [0.3, 0.4) is 0 Å². The van der Waals surface area contributed by atoms with Gasteiger partial charge in [-0.25, -0.2) is 0 Å². The predicted molar refractivity (Wildman–Crippen MR) is 83.2 cm³/mol. The maximum Gasteiger partial charge on any atom is 0.226 e. The minimum absolute atomic E-state index is 0.185. The first-order valence-electron chi connectivity index (χ1n) is 7.67. The number of rotatable bonds is 7. The quantitative estimate of drug-likeness (QED) is 0.812. The zero-order valence-corrected chi connectivity index (χ0v) is 12.5. The van der Waals surface area contributed by atoms with E-state index in [1.54, 1.807) is 0 Å². The second-order valence-corrected chi connectivity index (χ2v) is 5.28. The minimum Gasteiger partial charge on any atom is -0.493 e. The molecule has 1 saturated heterocycles. The number of ether oxygens (including phenoxy) is 1. The summed E-state index contributed by atoms with van der Waals surface area (Å²) in [4.78, 5) is 16.4. The highest BCUT2D eigenvalue weighted by Gasteiger charge is 2.20. The van der Waals surface area contributed by atoms with Crippen LogP contribution in [0, 0.1) is 0 Å². The summed E-state index contributed by atoms with van der Waals surface area (Å²) >= 11 is 0. The van der Waals surface area contributed by atoms with Crippen molar-refractivity contribution in [3.8, 4) is 5.75 Å². The van der Waals surface area contributed by atoms with Crippen LogP contribution in [0.25, 0.3) is 0 Å². The van der Waals surface area contributed by atoms with Gasteiger partial charge in [-0.2, -0.15) is 0 Å². The summed E-state index contributed by atoms with van der Waals surface area (Å²) in [6.07, 6.45) is 1.47. The fraction of sp³-hybridized carbons (Fsp3) is 0.562. The standard InChI is InChI=1S/C16H25N3O2/c17-8-4-9-18-10-12-19(13-11-18)16(20)7-14-21-15-5-2-1-3-6-15/h1-3,5-6H,4,7-14,17H2. The zero-order valence-electron chi connectivity index (χ0n) is 12.5. The predicted octanol–water partition coefficient (Wildman–Crippen LogP) is 0.949. The van der Waals surface area contributed by atoms with Gasteiger partial charge < -0.3 is 15.4 Å². The number of carbonyl (C=O) groups is 1. The molecule has 0 bridgehead atoms. The molecule has 5 heteroatoms. The van der Waals surface area contributed by atoms with E-state index in [0.717, 1.165) is 51.4 Å². The van der Waals surface area contributed by atoms with Gasteiger partial charge >= 0.3 is 0 Å². The van der Waals surface area contributed by atoms with Crippen LogP contribution in [0.15, 0.2) is 30.3 Å². The SMILES string of the molecule is NCCCN1CCN(C(=O)CCOc2ccccc2)CC1. The summed E-state index contributed by atoms with van der Waals surface area (Å²) in [5.41, 5.74) is 5.52. The molecule has 1 amide bonds. The molecular weight excluding hydrogens is 266 g/mol. The number of hydrogen-bond acceptors (Lipinski definition) is 4. The Labute approximate surface area is 126 Å². The first-order valence-corrected chi connectivity index (χ1v) is 7.67. The van der Waals surface area contributed by atoms with Crippen molar-refractivity contribution in [2.75, 3.05) is 45.9 Å². The molecule has 1 aliphatic heterocycles. The van der Waals surface area contributed by atoms with Gasteiger partial charge in [-0.05, 0) is 31.6 Å². The monoisotopic (exact) mass is 291 g/mol. The number of piperazine rings is 1. The molecule has 21 heavy (non-hydrogen) atoms. The van der Waals surface area contributed by atoms with E-state index < -0.39 is 0 Å². The Morgan fingerprint density at radius 3 is 2.52 bits per heavy atom. The molecule has 116 valence electrons. The third-order valence-corrected chi connectivity index (χ3v) is 3.73. The minimum atomic E-state index is 0.185. The van der Waals surface area contributed by atoms with Gasteiger partial charge in [0.2, 0.25) is 5.91 Å². The lowest BCUT2D eigenvalue weighted by Gasteiger charge is -2.34. The Morgan fingerprint density at radius 2 is 1.86 bits per heavy atom. The molecule has 1 aromatic carbocycles. The van der Waals surface area contributed by atoms with Crippen LogP contribution in [-0.2, 0) is 4.79 Å². The van der Waals surface area contributed by atoms with Crippen LogP contribution in [0.5, 0.6) is 5.75 Å². The molecule has 1 aliphatic rings. The van der Waals surface area contributed by atoms with Gasteiger partial charge in [-0.1, -0.05) is 18.2 Å². The Kier molecular flexibility index (Phi) is 6.50. The van der Waals surface area contributed by atoms with Gasteiger partial charge in [0.1, 0.15) is 5.75 Å². The average Bonchev–Trinajstić information content (AvgIpc) is 2.54. The van der Waals surface area contributed by atoms with E-state index in [1.165, 1.54) is 0 Å². The van der Waals surface area contributed by atoms with E-state index in [-0.39, 0.29) is 5.91 Å². The van der Waals surface area contributed by atoms with Crippen molar-refractivity contribution in [1.29, 1.82) is 0 Å². The Balaban J connectivity index is 1.63. The highest BCUT2D eigenvalue weighted by molar-refractivity contribution is 5.76. The summed E-state index contributed by atoms with van der Waals surface area (Å²) in [5, 5.41) is 0. The fourth-order valence-electron chi connectivity index (χ4n) is 2.47. The van der Waals surface area contributed by atoms with Crippen LogP contribution in [0.2, 0.25) is 0 Å². The molecule has 1 fully saturated rings.